The van der Waals surface area contributed by atoms with E-state index in [0.717, 1.165) is 36.9 Å². The van der Waals surface area contributed by atoms with E-state index >= 15 is 0 Å². The van der Waals surface area contributed by atoms with Gasteiger partial charge in [-0.25, -0.2) is 0 Å². The molecule has 0 aliphatic heterocycles. The van der Waals surface area contributed by atoms with E-state index in [9.17, 15) is 4.79 Å². The van der Waals surface area contributed by atoms with Crippen LogP contribution in [0, 0.1) is 0 Å². The van der Waals surface area contributed by atoms with Crippen molar-refractivity contribution in [2.24, 2.45) is 5.73 Å². The molecule has 1 unspecified atom stereocenters. The molecular weight excluding hydrogens is 248 g/mol. The van der Waals surface area contributed by atoms with Crippen LogP contribution in [0.3, 0.4) is 0 Å². The Balaban J connectivity index is 2.68. The molecule has 0 radical (unpaired) electrons. The molecule has 0 aliphatic rings. The standard InChI is InChI=1S/C17H28N2O/c1-4-6-11-19(14(3)5-2)17(20)12-15-7-9-16(13-18)10-8-15/h7-10,14H,4-6,11-13,18H2,1-3H3. The Labute approximate surface area is 123 Å². The molecule has 1 aromatic carbocycles. The third-order valence-corrected chi connectivity index (χ3v) is 3.81. The van der Waals surface area contributed by atoms with E-state index in [1.165, 1.54) is 0 Å². The maximum Gasteiger partial charge on any atom is 0.227 e. The summed E-state index contributed by atoms with van der Waals surface area (Å²) >= 11 is 0. The number of benzene rings is 1. The van der Waals surface area contributed by atoms with Gasteiger partial charge in [-0.15, -0.1) is 0 Å². The summed E-state index contributed by atoms with van der Waals surface area (Å²) in [5, 5.41) is 0. The molecule has 3 nitrogen and oxygen atoms in total. The Morgan fingerprint density at radius 2 is 1.80 bits per heavy atom. The molecule has 1 rings (SSSR count). The van der Waals surface area contributed by atoms with Gasteiger partial charge in [0.2, 0.25) is 5.91 Å². The van der Waals surface area contributed by atoms with E-state index in [4.69, 9.17) is 5.73 Å². The molecule has 1 amide bonds. The molecule has 0 aromatic heterocycles. The zero-order valence-electron chi connectivity index (χ0n) is 13.1. The summed E-state index contributed by atoms with van der Waals surface area (Å²) in [7, 11) is 0. The van der Waals surface area contributed by atoms with Crippen molar-refractivity contribution in [1.29, 1.82) is 0 Å². The highest BCUT2D eigenvalue weighted by atomic mass is 16.2. The second-order valence-electron chi connectivity index (χ2n) is 5.40. The molecule has 1 aromatic rings. The van der Waals surface area contributed by atoms with Gasteiger partial charge >= 0.3 is 0 Å². The van der Waals surface area contributed by atoms with Crippen LogP contribution in [0.15, 0.2) is 24.3 Å². The highest BCUT2D eigenvalue weighted by Crippen LogP contribution is 2.11. The van der Waals surface area contributed by atoms with Gasteiger partial charge in [0.25, 0.3) is 0 Å². The van der Waals surface area contributed by atoms with Crippen molar-refractivity contribution >= 4 is 5.91 Å². The van der Waals surface area contributed by atoms with E-state index in [1.54, 1.807) is 0 Å². The fraction of sp³-hybridized carbons (Fsp3) is 0.588. The van der Waals surface area contributed by atoms with Crippen molar-refractivity contribution in [2.75, 3.05) is 6.54 Å². The fourth-order valence-corrected chi connectivity index (χ4v) is 2.21. The van der Waals surface area contributed by atoms with Crippen molar-refractivity contribution in [3.63, 3.8) is 0 Å². The van der Waals surface area contributed by atoms with Gasteiger partial charge in [0.05, 0.1) is 6.42 Å². The van der Waals surface area contributed by atoms with E-state index < -0.39 is 0 Å². The lowest BCUT2D eigenvalue weighted by Gasteiger charge is -2.28. The molecule has 0 aliphatic carbocycles. The maximum absolute atomic E-state index is 12.5. The second kappa shape index (κ2) is 8.75. The number of nitrogens with two attached hydrogens (primary N) is 1. The minimum atomic E-state index is 0.230. The Kier molecular flexibility index (Phi) is 7.31. The summed E-state index contributed by atoms with van der Waals surface area (Å²) in [4.78, 5) is 14.5. The Morgan fingerprint density at radius 1 is 1.20 bits per heavy atom. The van der Waals surface area contributed by atoms with E-state index in [0.29, 0.717) is 19.0 Å². The van der Waals surface area contributed by atoms with Gasteiger partial charge in [0.1, 0.15) is 0 Å². The highest BCUT2D eigenvalue weighted by Gasteiger charge is 2.18. The Morgan fingerprint density at radius 3 is 2.30 bits per heavy atom. The molecule has 1 atom stereocenters. The van der Waals surface area contributed by atoms with Crippen molar-refractivity contribution in [3.05, 3.63) is 35.4 Å². The van der Waals surface area contributed by atoms with Crippen LogP contribution in [-0.2, 0) is 17.8 Å². The first-order chi connectivity index (χ1) is 9.62. The molecule has 3 heteroatoms. The molecule has 112 valence electrons. The topological polar surface area (TPSA) is 46.3 Å². The third-order valence-electron chi connectivity index (χ3n) is 3.81. The van der Waals surface area contributed by atoms with Gasteiger partial charge in [-0.1, -0.05) is 44.5 Å². The predicted octanol–water partition coefficient (Wildman–Crippen LogP) is 3.12. The SMILES string of the molecule is CCCCN(C(=O)Cc1ccc(CN)cc1)C(C)CC. The lowest BCUT2D eigenvalue weighted by molar-refractivity contribution is -0.132. The monoisotopic (exact) mass is 276 g/mol. The summed E-state index contributed by atoms with van der Waals surface area (Å²) in [5.41, 5.74) is 7.76. The van der Waals surface area contributed by atoms with Crippen LogP contribution >= 0.6 is 0 Å². The zero-order chi connectivity index (χ0) is 15.0. The Bertz CT molecular complexity index is 400. The van der Waals surface area contributed by atoms with Crippen LogP contribution in [0.25, 0.3) is 0 Å². The fourth-order valence-electron chi connectivity index (χ4n) is 2.21. The normalized spacial score (nSPS) is 12.2. The molecule has 0 saturated carbocycles. The number of nitrogens with zero attached hydrogens (tertiary/aromatic N) is 1. The minimum absolute atomic E-state index is 0.230. The lowest BCUT2D eigenvalue weighted by atomic mass is 10.1. The number of carbonyl (C=O) groups is 1. The number of amides is 1. The maximum atomic E-state index is 12.5. The number of unbranched alkanes of at least 4 members (excludes halogenated alkanes) is 1. The second-order valence-corrected chi connectivity index (χ2v) is 5.40. The quantitative estimate of drug-likeness (QED) is 0.793. The smallest absolute Gasteiger partial charge is 0.227 e. The molecule has 0 heterocycles. The average molecular weight is 276 g/mol. The van der Waals surface area contributed by atoms with Gasteiger partial charge in [-0.05, 0) is 30.9 Å². The first-order valence-electron chi connectivity index (χ1n) is 7.69. The summed E-state index contributed by atoms with van der Waals surface area (Å²) in [6.07, 6.45) is 3.67. The van der Waals surface area contributed by atoms with Gasteiger partial charge in [-0.3, -0.25) is 4.79 Å². The molecule has 0 fully saturated rings. The third kappa shape index (κ3) is 4.97. The summed E-state index contributed by atoms with van der Waals surface area (Å²) < 4.78 is 0. The summed E-state index contributed by atoms with van der Waals surface area (Å²) in [6, 6.07) is 8.34. The van der Waals surface area contributed by atoms with Crippen LogP contribution in [0.5, 0.6) is 0 Å². The van der Waals surface area contributed by atoms with Gasteiger partial charge in [-0.2, -0.15) is 0 Å². The van der Waals surface area contributed by atoms with Gasteiger partial charge in [0.15, 0.2) is 0 Å². The van der Waals surface area contributed by atoms with Crippen LogP contribution in [0.2, 0.25) is 0 Å². The number of hydrogen-bond donors (Lipinski definition) is 1. The molecule has 20 heavy (non-hydrogen) atoms. The largest absolute Gasteiger partial charge is 0.340 e. The molecular formula is C17H28N2O. The molecule has 0 bridgehead atoms. The van der Waals surface area contributed by atoms with E-state index in [1.807, 2.05) is 29.2 Å². The van der Waals surface area contributed by atoms with Crippen molar-refractivity contribution in [3.8, 4) is 0 Å². The van der Waals surface area contributed by atoms with Crippen LogP contribution in [0.4, 0.5) is 0 Å². The highest BCUT2D eigenvalue weighted by molar-refractivity contribution is 5.79. The first-order valence-corrected chi connectivity index (χ1v) is 7.69. The first kappa shape index (κ1) is 16.7. The molecule has 0 saturated heterocycles. The summed E-state index contributed by atoms with van der Waals surface area (Å²) in [6.45, 7) is 7.83. The lowest BCUT2D eigenvalue weighted by Crippen LogP contribution is -2.40. The zero-order valence-corrected chi connectivity index (χ0v) is 13.1. The van der Waals surface area contributed by atoms with E-state index in [-0.39, 0.29) is 5.91 Å². The molecule has 0 spiro atoms. The number of hydrogen-bond acceptors (Lipinski definition) is 2. The van der Waals surface area contributed by atoms with Crippen LogP contribution < -0.4 is 5.73 Å². The van der Waals surface area contributed by atoms with Gasteiger partial charge < -0.3 is 10.6 Å². The minimum Gasteiger partial charge on any atom is -0.340 e. The van der Waals surface area contributed by atoms with Crippen molar-refractivity contribution in [1.82, 2.24) is 4.90 Å². The number of carbonyl (C=O) groups excluding carboxylic acids is 1. The van der Waals surface area contributed by atoms with Crippen LogP contribution in [0.1, 0.15) is 51.2 Å². The average Bonchev–Trinajstić information content (AvgIpc) is 2.48. The van der Waals surface area contributed by atoms with Gasteiger partial charge in [0, 0.05) is 19.1 Å². The Hall–Kier alpha value is -1.35. The number of rotatable bonds is 8. The molecule has 2 N–H and O–H groups in total. The van der Waals surface area contributed by atoms with E-state index in [2.05, 4.69) is 20.8 Å². The van der Waals surface area contributed by atoms with Crippen molar-refractivity contribution in [2.45, 2.75) is 59.0 Å². The predicted molar refractivity (Wildman–Crippen MR) is 84.4 cm³/mol. The summed E-state index contributed by atoms with van der Waals surface area (Å²) in [5.74, 6) is 0.230. The van der Waals surface area contributed by atoms with Crippen LogP contribution in [-0.4, -0.2) is 23.4 Å². The van der Waals surface area contributed by atoms with Crippen molar-refractivity contribution < 1.29 is 4.79 Å².